The van der Waals surface area contributed by atoms with Gasteiger partial charge < -0.3 is 10.3 Å². The Morgan fingerprint density at radius 3 is 2.85 bits per heavy atom. The summed E-state index contributed by atoms with van der Waals surface area (Å²) in [5.41, 5.74) is 6.53. The maximum absolute atomic E-state index is 11.4. The monoisotopic (exact) mass is 277 g/mol. The van der Waals surface area contributed by atoms with Crippen LogP contribution in [-0.4, -0.2) is 28.6 Å². The molecule has 1 aromatic rings. The molecule has 1 aliphatic heterocycles. The molecule has 1 saturated carbocycles. The van der Waals surface area contributed by atoms with Gasteiger partial charge in [0.25, 0.3) is 0 Å². The van der Waals surface area contributed by atoms with E-state index in [1.807, 2.05) is 0 Å². The second kappa shape index (κ2) is 5.95. The molecular formula is C15H23N3O2. The maximum atomic E-state index is 11.4. The van der Waals surface area contributed by atoms with E-state index in [1.54, 1.807) is 0 Å². The van der Waals surface area contributed by atoms with Gasteiger partial charge in [0.15, 0.2) is 5.76 Å². The molecule has 0 radical (unpaired) electrons. The molecule has 5 nitrogen and oxygen atoms in total. The molecule has 5 heteroatoms. The molecular weight excluding hydrogens is 254 g/mol. The number of nitrogens with zero attached hydrogens (tertiary/aromatic N) is 2. The molecule has 110 valence electrons. The lowest BCUT2D eigenvalue weighted by atomic mass is 9.87. The minimum Gasteiger partial charge on any atom is -0.368 e. The molecule has 1 atom stereocenters. The lowest BCUT2D eigenvalue weighted by Gasteiger charge is -2.20. The summed E-state index contributed by atoms with van der Waals surface area (Å²) in [4.78, 5) is 13.5. The second-order valence-electron chi connectivity index (χ2n) is 6.08. The molecule has 1 saturated heterocycles. The number of carbonyl (C=O) groups is 1. The third kappa shape index (κ3) is 2.87. The van der Waals surface area contributed by atoms with E-state index in [-0.39, 0.29) is 11.9 Å². The number of nitrogens with two attached hydrogens (primary N) is 1. The van der Waals surface area contributed by atoms with Gasteiger partial charge in [-0.1, -0.05) is 24.4 Å². The van der Waals surface area contributed by atoms with Crippen molar-refractivity contribution in [2.45, 2.75) is 63.5 Å². The Balaban J connectivity index is 1.63. The first-order valence-electron chi connectivity index (χ1n) is 7.73. The van der Waals surface area contributed by atoms with Gasteiger partial charge in [0.2, 0.25) is 5.91 Å². The van der Waals surface area contributed by atoms with E-state index in [0.29, 0.717) is 12.5 Å². The van der Waals surface area contributed by atoms with Crippen molar-refractivity contribution < 1.29 is 9.32 Å². The average molecular weight is 277 g/mol. The maximum Gasteiger partial charge on any atom is 0.234 e. The average Bonchev–Trinajstić information content (AvgIpc) is 3.09. The Bertz CT molecular complexity index is 465. The van der Waals surface area contributed by atoms with Crippen LogP contribution in [0.3, 0.4) is 0 Å². The summed E-state index contributed by atoms with van der Waals surface area (Å²) in [7, 11) is 0. The van der Waals surface area contributed by atoms with Crippen molar-refractivity contribution in [1.82, 2.24) is 10.1 Å². The fourth-order valence-corrected chi connectivity index (χ4v) is 3.53. The molecule has 1 amide bonds. The molecule has 0 bridgehead atoms. The van der Waals surface area contributed by atoms with Gasteiger partial charge in [-0.15, -0.1) is 0 Å². The van der Waals surface area contributed by atoms with E-state index in [2.05, 4.69) is 16.1 Å². The molecule has 0 spiro atoms. The summed E-state index contributed by atoms with van der Waals surface area (Å²) in [5, 5.41) is 4.23. The summed E-state index contributed by atoms with van der Waals surface area (Å²) in [6.07, 6.45) is 8.26. The lowest BCUT2D eigenvalue weighted by molar-refractivity contribution is -0.122. The van der Waals surface area contributed by atoms with Crippen LogP contribution >= 0.6 is 0 Å². The van der Waals surface area contributed by atoms with E-state index in [1.165, 1.54) is 32.1 Å². The summed E-state index contributed by atoms with van der Waals surface area (Å²) in [5.74, 6) is 1.19. The van der Waals surface area contributed by atoms with Crippen molar-refractivity contribution in [3.8, 4) is 0 Å². The SMILES string of the molecule is NC(=O)[C@H]1CCCN1Cc1cc(C2CCCCC2)no1. The van der Waals surface area contributed by atoms with Crippen LogP contribution in [0.15, 0.2) is 10.6 Å². The van der Waals surface area contributed by atoms with Gasteiger partial charge in [-0.2, -0.15) is 0 Å². The lowest BCUT2D eigenvalue weighted by Crippen LogP contribution is -2.39. The predicted molar refractivity (Wildman–Crippen MR) is 75.0 cm³/mol. The Kier molecular flexibility index (Phi) is 4.05. The molecule has 0 unspecified atom stereocenters. The van der Waals surface area contributed by atoms with Crippen LogP contribution in [0.5, 0.6) is 0 Å². The minimum atomic E-state index is -0.227. The molecule has 1 aliphatic carbocycles. The Hall–Kier alpha value is -1.36. The van der Waals surface area contributed by atoms with Gasteiger partial charge in [0.1, 0.15) is 0 Å². The topological polar surface area (TPSA) is 72.4 Å². The Morgan fingerprint density at radius 1 is 1.30 bits per heavy atom. The minimum absolute atomic E-state index is 0.141. The van der Waals surface area contributed by atoms with E-state index in [4.69, 9.17) is 10.3 Å². The van der Waals surface area contributed by atoms with Gasteiger partial charge in [0.05, 0.1) is 18.3 Å². The highest BCUT2D eigenvalue weighted by Crippen LogP contribution is 2.32. The molecule has 1 aromatic heterocycles. The molecule has 2 aliphatic rings. The van der Waals surface area contributed by atoms with Crippen LogP contribution in [0.1, 0.15) is 62.3 Å². The van der Waals surface area contributed by atoms with Crippen LogP contribution in [0, 0.1) is 0 Å². The van der Waals surface area contributed by atoms with Crippen molar-refractivity contribution in [2.24, 2.45) is 5.73 Å². The van der Waals surface area contributed by atoms with Crippen molar-refractivity contribution in [3.63, 3.8) is 0 Å². The first-order valence-corrected chi connectivity index (χ1v) is 7.73. The fraction of sp³-hybridized carbons (Fsp3) is 0.733. The number of hydrogen-bond acceptors (Lipinski definition) is 4. The van der Waals surface area contributed by atoms with Gasteiger partial charge in [0, 0.05) is 12.0 Å². The summed E-state index contributed by atoms with van der Waals surface area (Å²) >= 11 is 0. The van der Waals surface area contributed by atoms with Crippen molar-refractivity contribution in [2.75, 3.05) is 6.54 Å². The van der Waals surface area contributed by atoms with Crippen molar-refractivity contribution in [3.05, 3.63) is 17.5 Å². The van der Waals surface area contributed by atoms with Crippen LogP contribution in [0.2, 0.25) is 0 Å². The summed E-state index contributed by atoms with van der Waals surface area (Å²) in [6, 6.07) is 1.94. The van der Waals surface area contributed by atoms with E-state index < -0.39 is 0 Å². The zero-order chi connectivity index (χ0) is 13.9. The van der Waals surface area contributed by atoms with Crippen LogP contribution in [0.4, 0.5) is 0 Å². The summed E-state index contributed by atoms with van der Waals surface area (Å²) in [6.45, 7) is 1.56. The number of likely N-dealkylation sites (tertiary alicyclic amines) is 1. The van der Waals surface area contributed by atoms with Crippen LogP contribution in [-0.2, 0) is 11.3 Å². The highest BCUT2D eigenvalue weighted by molar-refractivity contribution is 5.80. The number of aromatic nitrogens is 1. The van der Waals surface area contributed by atoms with E-state index in [0.717, 1.165) is 30.8 Å². The van der Waals surface area contributed by atoms with E-state index in [9.17, 15) is 4.79 Å². The zero-order valence-electron chi connectivity index (χ0n) is 11.9. The van der Waals surface area contributed by atoms with E-state index >= 15 is 0 Å². The van der Waals surface area contributed by atoms with Gasteiger partial charge in [-0.3, -0.25) is 9.69 Å². The second-order valence-corrected chi connectivity index (χ2v) is 6.08. The smallest absolute Gasteiger partial charge is 0.234 e. The third-order valence-electron chi connectivity index (χ3n) is 4.65. The molecule has 0 aromatic carbocycles. The molecule has 2 N–H and O–H groups in total. The normalized spacial score (nSPS) is 25.1. The Labute approximate surface area is 119 Å². The van der Waals surface area contributed by atoms with Crippen LogP contribution in [0.25, 0.3) is 0 Å². The molecule has 3 rings (SSSR count). The molecule has 20 heavy (non-hydrogen) atoms. The zero-order valence-corrected chi connectivity index (χ0v) is 11.9. The number of amides is 1. The first kappa shape index (κ1) is 13.6. The largest absolute Gasteiger partial charge is 0.368 e. The quantitative estimate of drug-likeness (QED) is 0.915. The number of hydrogen-bond donors (Lipinski definition) is 1. The summed E-state index contributed by atoms with van der Waals surface area (Å²) < 4.78 is 5.46. The number of rotatable bonds is 4. The van der Waals surface area contributed by atoms with Crippen molar-refractivity contribution >= 4 is 5.91 Å². The molecule has 2 heterocycles. The van der Waals surface area contributed by atoms with Gasteiger partial charge >= 0.3 is 0 Å². The Morgan fingerprint density at radius 2 is 2.10 bits per heavy atom. The first-order chi connectivity index (χ1) is 9.74. The highest BCUT2D eigenvalue weighted by atomic mass is 16.5. The van der Waals surface area contributed by atoms with Gasteiger partial charge in [-0.25, -0.2) is 0 Å². The molecule has 2 fully saturated rings. The fourth-order valence-electron chi connectivity index (χ4n) is 3.53. The predicted octanol–water partition coefficient (Wildman–Crippen LogP) is 2.17. The number of primary amides is 1. The number of carbonyl (C=O) groups excluding carboxylic acids is 1. The van der Waals surface area contributed by atoms with Crippen molar-refractivity contribution in [1.29, 1.82) is 0 Å². The van der Waals surface area contributed by atoms with Crippen LogP contribution < -0.4 is 5.73 Å². The third-order valence-corrected chi connectivity index (χ3v) is 4.65. The highest BCUT2D eigenvalue weighted by Gasteiger charge is 2.30. The standard InChI is InChI=1S/C15H23N3O2/c16-15(19)14-7-4-8-18(14)10-12-9-13(17-20-12)11-5-2-1-3-6-11/h9,11,14H,1-8,10H2,(H2,16,19)/t14-/m1/s1. The van der Waals surface area contributed by atoms with Gasteiger partial charge in [-0.05, 0) is 32.2 Å².